The first-order valence-electron chi connectivity index (χ1n) is 8.64. The predicted molar refractivity (Wildman–Crippen MR) is 104 cm³/mol. The van der Waals surface area contributed by atoms with Gasteiger partial charge in [0.2, 0.25) is 5.88 Å². The molecule has 30 heavy (non-hydrogen) atoms. The maximum Gasteiger partial charge on any atom is 0.388 e. The van der Waals surface area contributed by atoms with E-state index < -0.39 is 22.3 Å². The van der Waals surface area contributed by atoms with Gasteiger partial charge in [-0.05, 0) is 35.9 Å². The standard InChI is InChI=1S/C20H14F3N3O3S/c1-30(27,28)15-7-5-12(6-8-15)18-16-9-10-17(29-20(22)23)24-26(16)25-19(18)13-3-2-4-14(21)11-13/h2-11,20H,1H3. The molecule has 0 atom stereocenters. The number of hydrogen-bond donors (Lipinski definition) is 0. The number of halogens is 3. The highest BCUT2D eigenvalue weighted by atomic mass is 32.2. The SMILES string of the molecule is CS(=O)(=O)c1ccc(-c2c(-c3cccc(F)c3)nn3nc(OC(F)F)ccc23)cc1. The fraction of sp³-hybridized carbons (Fsp3) is 0.100. The van der Waals surface area contributed by atoms with Gasteiger partial charge in [-0.2, -0.15) is 8.78 Å². The van der Waals surface area contributed by atoms with E-state index in [1.165, 1.54) is 42.5 Å². The summed E-state index contributed by atoms with van der Waals surface area (Å²) >= 11 is 0. The molecule has 2 aromatic heterocycles. The highest BCUT2D eigenvalue weighted by Crippen LogP contribution is 2.36. The molecule has 6 nitrogen and oxygen atoms in total. The third kappa shape index (κ3) is 3.86. The molecule has 0 bridgehead atoms. The normalized spacial score (nSPS) is 11.9. The van der Waals surface area contributed by atoms with E-state index in [1.807, 2.05) is 0 Å². The molecule has 0 N–H and O–H groups in total. The van der Waals surface area contributed by atoms with E-state index in [1.54, 1.807) is 18.2 Å². The molecular weight excluding hydrogens is 419 g/mol. The van der Waals surface area contributed by atoms with Gasteiger partial charge in [-0.3, -0.25) is 0 Å². The van der Waals surface area contributed by atoms with Crippen LogP contribution in [0.25, 0.3) is 27.9 Å². The molecule has 0 spiro atoms. The lowest BCUT2D eigenvalue weighted by Gasteiger charge is -2.06. The molecule has 2 heterocycles. The van der Waals surface area contributed by atoms with E-state index in [0.29, 0.717) is 27.9 Å². The Labute approximate surface area is 169 Å². The molecular formula is C20H14F3N3O3S. The van der Waals surface area contributed by atoms with Gasteiger partial charge in [-0.25, -0.2) is 12.8 Å². The van der Waals surface area contributed by atoms with Crippen molar-refractivity contribution in [2.75, 3.05) is 6.26 Å². The van der Waals surface area contributed by atoms with Crippen LogP contribution in [0, 0.1) is 5.82 Å². The largest absolute Gasteiger partial charge is 0.415 e. The van der Waals surface area contributed by atoms with Crippen molar-refractivity contribution in [3.63, 3.8) is 0 Å². The van der Waals surface area contributed by atoms with Crippen molar-refractivity contribution in [2.24, 2.45) is 0 Å². The van der Waals surface area contributed by atoms with Crippen LogP contribution in [0.2, 0.25) is 0 Å². The molecule has 0 amide bonds. The summed E-state index contributed by atoms with van der Waals surface area (Å²) < 4.78 is 67.8. The highest BCUT2D eigenvalue weighted by Gasteiger charge is 2.19. The molecule has 0 saturated heterocycles. The number of fused-ring (bicyclic) bond motifs is 1. The Morgan fingerprint density at radius 1 is 0.967 bits per heavy atom. The van der Waals surface area contributed by atoms with Crippen LogP contribution in [-0.4, -0.2) is 36.1 Å². The third-order valence-corrected chi connectivity index (χ3v) is 5.49. The molecule has 0 aliphatic carbocycles. The van der Waals surface area contributed by atoms with E-state index in [4.69, 9.17) is 0 Å². The van der Waals surface area contributed by atoms with Gasteiger partial charge in [0.1, 0.15) is 11.5 Å². The van der Waals surface area contributed by atoms with Crippen molar-refractivity contribution in [3.05, 3.63) is 66.5 Å². The highest BCUT2D eigenvalue weighted by molar-refractivity contribution is 7.90. The van der Waals surface area contributed by atoms with Gasteiger partial charge in [0.05, 0.1) is 10.4 Å². The Morgan fingerprint density at radius 2 is 1.70 bits per heavy atom. The Hall–Kier alpha value is -3.40. The summed E-state index contributed by atoms with van der Waals surface area (Å²) in [6.07, 6.45) is 1.10. The summed E-state index contributed by atoms with van der Waals surface area (Å²) in [5, 5.41) is 8.28. The molecule has 4 rings (SSSR count). The number of aromatic nitrogens is 3. The second kappa shape index (κ2) is 7.45. The Balaban J connectivity index is 1.94. The Kier molecular flexibility index (Phi) is 4.94. The van der Waals surface area contributed by atoms with Crippen molar-refractivity contribution in [1.29, 1.82) is 0 Å². The molecule has 10 heteroatoms. The van der Waals surface area contributed by atoms with E-state index >= 15 is 0 Å². The second-order valence-corrected chi connectivity index (χ2v) is 8.47. The lowest BCUT2D eigenvalue weighted by molar-refractivity contribution is -0.0536. The molecule has 2 aromatic carbocycles. The maximum absolute atomic E-state index is 13.8. The van der Waals surface area contributed by atoms with Gasteiger partial charge < -0.3 is 4.74 Å². The lowest BCUT2D eigenvalue weighted by atomic mass is 10.00. The molecule has 154 valence electrons. The summed E-state index contributed by atoms with van der Waals surface area (Å²) in [5.74, 6) is -0.803. The Bertz CT molecular complexity index is 1340. The minimum atomic E-state index is -3.39. The molecule has 0 fully saturated rings. The van der Waals surface area contributed by atoms with E-state index in [0.717, 1.165) is 10.9 Å². The zero-order valence-electron chi connectivity index (χ0n) is 15.5. The van der Waals surface area contributed by atoms with E-state index in [9.17, 15) is 21.6 Å². The van der Waals surface area contributed by atoms with Crippen molar-refractivity contribution in [3.8, 4) is 28.3 Å². The van der Waals surface area contributed by atoms with Crippen LogP contribution in [0.5, 0.6) is 5.88 Å². The van der Waals surface area contributed by atoms with Gasteiger partial charge >= 0.3 is 6.61 Å². The Morgan fingerprint density at radius 3 is 2.33 bits per heavy atom. The van der Waals surface area contributed by atoms with Crippen molar-refractivity contribution < 1.29 is 26.3 Å². The molecule has 0 unspecified atom stereocenters. The van der Waals surface area contributed by atoms with Crippen LogP contribution in [0.15, 0.2) is 65.6 Å². The van der Waals surface area contributed by atoms with Crippen molar-refractivity contribution >= 4 is 15.4 Å². The lowest BCUT2D eigenvalue weighted by Crippen LogP contribution is -2.06. The number of alkyl halides is 2. The van der Waals surface area contributed by atoms with E-state index in [2.05, 4.69) is 14.9 Å². The summed E-state index contributed by atoms with van der Waals surface area (Å²) in [5.41, 5.74) is 2.38. The number of sulfone groups is 1. The van der Waals surface area contributed by atoms with Gasteiger partial charge in [0.25, 0.3) is 0 Å². The fourth-order valence-corrected chi connectivity index (χ4v) is 3.70. The van der Waals surface area contributed by atoms with Crippen LogP contribution < -0.4 is 4.74 Å². The third-order valence-electron chi connectivity index (χ3n) is 4.36. The monoisotopic (exact) mass is 433 g/mol. The van der Waals surface area contributed by atoms with Gasteiger partial charge in [-0.1, -0.05) is 24.3 Å². The number of hydrogen-bond acceptors (Lipinski definition) is 5. The van der Waals surface area contributed by atoms with Gasteiger partial charge in [0.15, 0.2) is 9.84 Å². The minimum Gasteiger partial charge on any atom is -0.415 e. The zero-order chi connectivity index (χ0) is 21.5. The first-order chi connectivity index (χ1) is 14.2. The predicted octanol–water partition coefficient (Wildman–Crippen LogP) is 4.21. The number of ether oxygens (including phenoxy) is 1. The maximum atomic E-state index is 13.8. The van der Waals surface area contributed by atoms with Crippen LogP contribution in [-0.2, 0) is 9.84 Å². The van der Waals surface area contributed by atoms with Crippen LogP contribution >= 0.6 is 0 Å². The molecule has 0 radical (unpaired) electrons. The van der Waals surface area contributed by atoms with Crippen molar-refractivity contribution in [1.82, 2.24) is 14.8 Å². The average Bonchev–Trinajstić information content (AvgIpc) is 3.05. The van der Waals surface area contributed by atoms with Gasteiger partial charge in [0, 0.05) is 23.4 Å². The summed E-state index contributed by atoms with van der Waals surface area (Å²) in [6.45, 7) is -3.05. The summed E-state index contributed by atoms with van der Waals surface area (Å²) in [6, 6.07) is 14.6. The fourth-order valence-electron chi connectivity index (χ4n) is 3.07. The molecule has 0 aliphatic heterocycles. The first kappa shape index (κ1) is 19.9. The quantitative estimate of drug-likeness (QED) is 0.472. The first-order valence-corrected chi connectivity index (χ1v) is 10.5. The topological polar surface area (TPSA) is 73.6 Å². The second-order valence-electron chi connectivity index (χ2n) is 6.46. The van der Waals surface area contributed by atoms with Crippen LogP contribution in [0.1, 0.15) is 0 Å². The number of rotatable bonds is 5. The smallest absolute Gasteiger partial charge is 0.388 e. The van der Waals surface area contributed by atoms with Crippen LogP contribution in [0.3, 0.4) is 0 Å². The van der Waals surface area contributed by atoms with Crippen molar-refractivity contribution in [2.45, 2.75) is 11.5 Å². The van der Waals surface area contributed by atoms with E-state index in [-0.39, 0.29) is 10.8 Å². The van der Waals surface area contributed by atoms with Crippen LogP contribution in [0.4, 0.5) is 13.2 Å². The molecule has 4 aromatic rings. The number of benzene rings is 2. The summed E-state index contributed by atoms with van der Waals surface area (Å²) in [4.78, 5) is 0.140. The number of nitrogens with zero attached hydrogens (tertiary/aromatic N) is 3. The molecule has 0 aliphatic rings. The molecule has 0 saturated carbocycles. The summed E-state index contributed by atoms with van der Waals surface area (Å²) in [7, 11) is -3.39. The van der Waals surface area contributed by atoms with Gasteiger partial charge in [-0.15, -0.1) is 14.8 Å². The average molecular weight is 433 g/mol. The zero-order valence-corrected chi connectivity index (χ0v) is 16.3. The minimum absolute atomic E-state index is 0.140.